The Labute approximate surface area is 179 Å². The van der Waals surface area contributed by atoms with E-state index >= 15 is 0 Å². The number of carbonyl (C=O) groups excluding carboxylic acids is 1. The van der Waals surface area contributed by atoms with Gasteiger partial charge in [-0.25, -0.2) is 17.5 Å². The zero-order valence-electron chi connectivity index (χ0n) is 16.5. The van der Waals surface area contributed by atoms with Crippen LogP contribution in [0.25, 0.3) is 0 Å². The molecule has 0 saturated carbocycles. The van der Waals surface area contributed by atoms with E-state index in [0.717, 1.165) is 26.9 Å². The Morgan fingerprint density at radius 1 is 1.03 bits per heavy atom. The van der Waals surface area contributed by atoms with Crippen LogP contribution >= 0.6 is 11.6 Å². The van der Waals surface area contributed by atoms with Gasteiger partial charge in [-0.2, -0.15) is 13.2 Å². The summed E-state index contributed by atoms with van der Waals surface area (Å²) >= 11 is 5.69. The molecule has 0 unspecified atom stereocenters. The number of carbonyl (C=O) groups is 1. The number of sulfonamides is 1. The van der Waals surface area contributed by atoms with Gasteiger partial charge in [-0.1, -0.05) is 42.4 Å². The fourth-order valence-electron chi connectivity index (χ4n) is 3.26. The molecule has 1 aliphatic heterocycles. The first-order valence-electron chi connectivity index (χ1n) is 9.00. The molecule has 11 heteroatoms. The van der Waals surface area contributed by atoms with Gasteiger partial charge in [0.15, 0.2) is 0 Å². The summed E-state index contributed by atoms with van der Waals surface area (Å²) in [4.78, 5) is 14.2. The van der Waals surface area contributed by atoms with Crippen LogP contribution in [0.2, 0.25) is 18.1 Å². The molecule has 0 aliphatic carbocycles. The molecular weight excluding hydrogens is 457 g/mol. The highest BCUT2D eigenvalue weighted by Crippen LogP contribution is 2.38. The van der Waals surface area contributed by atoms with E-state index in [0.29, 0.717) is 0 Å². The highest BCUT2D eigenvalue weighted by Gasteiger charge is 2.45. The third-order valence-corrected chi connectivity index (χ3v) is 9.41. The SMILES string of the molecule is Cc1ccc(S(=O)(=O)N2C[Si](C)(C)CN(c3ccc(Cl)c(C(F)(F)F)c3)C2=O)cc1. The van der Waals surface area contributed by atoms with E-state index in [9.17, 15) is 26.4 Å². The molecular formula is C19H20ClF3N2O3SSi. The van der Waals surface area contributed by atoms with Crippen molar-refractivity contribution in [3.63, 3.8) is 0 Å². The summed E-state index contributed by atoms with van der Waals surface area (Å²) in [5.41, 5.74) is -0.260. The van der Waals surface area contributed by atoms with E-state index < -0.39 is 40.9 Å². The first-order valence-corrected chi connectivity index (χ1v) is 14.2. The van der Waals surface area contributed by atoms with Crippen LogP contribution in [0.1, 0.15) is 11.1 Å². The first kappa shape index (κ1) is 22.6. The fourth-order valence-corrected chi connectivity index (χ4v) is 8.44. The second kappa shape index (κ2) is 7.58. The number of rotatable bonds is 3. The molecule has 5 nitrogen and oxygen atoms in total. The molecule has 162 valence electrons. The first-order chi connectivity index (χ1) is 13.7. The normalized spacial score (nSPS) is 17.4. The number of benzene rings is 2. The number of anilines is 1. The van der Waals surface area contributed by atoms with Crippen LogP contribution < -0.4 is 4.90 Å². The number of nitrogens with zero attached hydrogens (tertiary/aromatic N) is 2. The lowest BCUT2D eigenvalue weighted by atomic mass is 10.2. The Balaban J connectivity index is 2.06. The van der Waals surface area contributed by atoms with E-state index in [1.807, 2.05) is 13.1 Å². The van der Waals surface area contributed by atoms with Gasteiger partial charge >= 0.3 is 12.2 Å². The van der Waals surface area contributed by atoms with Crippen LogP contribution in [-0.2, 0) is 16.2 Å². The van der Waals surface area contributed by atoms with E-state index in [4.69, 9.17) is 11.6 Å². The second-order valence-corrected chi connectivity index (χ2v) is 15.2. The third-order valence-electron chi connectivity index (χ3n) is 4.78. The summed E-state index contributed by atoms with van der Waals surface area (Å²) in [6.45, 7) is 5.56. The summed E-state index contributed by atoms with van der Waals surface area (Å²) in [5, 5.41) is -0.489. The van der Waals surface area contributed by atoms with Crippen molar-refractivity contribution in [2.24, 2.45) is 0 Å². The van der Waals surface area contributed by atoms with E-state index in [-0.39, 0.29) is 22.9 Å². The van der Waals surface area contributed by atoms with Crippen molar-refractivity contribution in [3.8, 4) is 0 Å². The molecule has 30 heavy (non-hydrogen) atoms. The lowest BCUT2D eigenvalue weighted by Crippen LogP contribution is -2.64. The highest BCUT2D eigenvalue weighted by atomic mass is 35.5. The van der Waals surface area contributed by atoms with Crippen LogP contribution in [0.15, 0.2) is 47.4 Å². The van der Waals surface area contributed by atoms with Gasteiger partial charge in [0.2, 0.25) is 0 Å². The molecule has 0 bridgehead atoms. The number of alkyl halides is 3. The van der Waals surface area contributed by atoms with E-state index in [2.05, 4.69) is 0 Å². The van der Waals surface area contributed by atoms with Gasteiger partial charge in [0.25, 0.3) is 10.0 Å². The Bertz CT molecular complexity index is 1090. The number of amides is 2. The average molecular weight is 477 g/mol. The van der Waals surface area contributed by atoms with Gasteiger partial charge in [-0.05, 0) is 37.3 Å². The maximum atomic E-state index is 13.3. The van der Waals surface area contributed by atoms with Crippen molar-refractivity contribution in [2.45, 2.75) is 31.1 Å². The van der Waals surface area contributed by atoms with Crippen molar-refractivity contribution < 1.29 is 26.4 Å². The van der Waals surface area contributed by atoms with Crippen LogP contribution in [0.3, 0.4) is 0 Å². The van der Waals surface area contributed by atoms with Crippen molar-refractivity contribution in [1.29, 1.82) is 0 Å². The topological polar surface area (TPSA) is 57.7 Å². The second-order valence-electron chi connectivity index (χ2n) is 8.02. The highest BCUT2D eigenvalue weighted by molar-refractivity contribution is 7.89. The predicted octanol–water partition coefficient (Wildman–Crippen LogP) is 5.08. The zero-order valence-corrected chi connectivity index (χ0v) is 19.1. The maximum Gasteiger partial charge on any atom is 0.417 e. The van der Waals surface area contributed by atoms with Gasteiger partial charge in [-0.15, -0.1) is 0 Å². The molecule has 0 spiro atoms. The lowest BCUT2D eigenvalue weighted by molar-refractivity contribution is -0.137. The van der Waals surface area contributed by atoms with Crippen molar-refractivity contribution in [3.05, 3.63) is 58.6 Å². The molecule has 0 aromatic heterocycles. The van der Waals surface area contributed by atoms with Crippen LogP contribution in [0.4, 0.5) is 23.7 Å². The molecule has 3 rings (SSSR count). The number of aryl methyl sites for hydroxylation is 1. The number of hydrogen-bond donors (Lipinski definition) is 0. The Hall–Kier alpha value is -2.04. The monoisotopic (exact) mass is 476 g/mol. The van der Waals surface area contributed by atoms with Crippen LogP contribution in [0, 0.1) is 6.92 Å². The molecule has 2 aromatic rings. The average Bonchev–Trinajstić information content (AvgIpc) is 2.63. The Kier molecular flexibility index (Phi) is 5.72. The van der Waals surface area contributed by atoms with E-state index in [1.54, 1.807) is 19.1 Å². The predicted molar refractivity (Wildman–Crippen MR) is 112 cm³/mol. The number of halogens is 4. The van der Waals surface area contributed by atoms with Crippen LogP contribution in [-0.4, -0.2) is 39.2 Å². The zero-order chi connectivity index (χ0) is 22.5. The van der Waals surface area contributed by atoms with Gasteiger partial charge in [-0.3, -0.25) is 4.90 Å². The minimum absolute atomic E-state index is 0.0399. The third kappa shape index (κ3) is 4.35. The molecule has 0 N–H and O–H groups in total. The van der Waals surface area contributed by atoms with Crippen molar-refractivity contribution in [1.82, 2.24) is 4.31 Å². The summed E-state index contributed by atoms with van der Waals surface area (Å²) in [5.74, 6) is 0. The minimum atomic E-state index is -4.70. The van der Waals surface area contributed by atoms with Crippen molar-refractivity contribution >= 4 is 41.4 Å². The largest absolute Gasteiger partial charge is 0.417 e. The van der Waals surface area contributed by atoms with Crippen LogP contribution in [0.5, 0.6) is 0 Å². The minimum Gasteiger partial charge on any atom is -0.296 e. The maximum absolute atomic E-state index is 13.3. The standard InChI is InChI=1S/C19H20ClF3N2O3SSi/c1-13-4-7-15(8-5-13)29(27,28)25-12-30(2,3)11-24(18(25)26)14-6-9-17(20)16(10-14)19(21,22)23/h4-10H,11-12H2,1-3H3. The molecule has 2 aromatic carbocycles. The number of urea groups is 1. The molecule has 1 saturated heterocycles. The van der Waals surface area contributed by atoms with Gasteiger partial charge in [0.1, 0.15) is 0 Å². The lowest BCUT2D eigenvalue weighted by Gasteiger charge is -2.42. The Morgan fingerprint density at radius 3 is 2.20 bits per heavy atom. The molecule has 1 fully saturated rings. The summed E-state index contributed by atoms with van der Waals surface area (Å²) < 4.78 is 66.9. The summed E-state index contributed by atoms with van der Waals surface area (Å²) in [7, 11) is -6.49. The van der Waals surface area contributed by atoms with Gasteiger partial charge in [0.05, 0.1) is 23.6 Å². The van der Waals surface area contributed by atoms with E-state index in [1.165, 1.54) is 18.2 Å². The molecule has 1 aliphatic rings. The quantitative estimate of drug-likeness (QED) is 0.580. The molecule has 0 radical (unpaired) electrons. The van der Waals surface area contributed by atoms with Crippen molar-refractivity contribution in [2.75, 3.05) is 17.2 Å². The van der Waals surface area contributed by atoms with Gasteiger partial charge < -0.3 is 0 Å². The Morgan fingerprint density at radius 2 is 1.63 bits per heavy atom. The number of hydrogen-bond acceptors (Lipinski definition) is 3. The van der Waals surface area contributed by atoms with Gasteiger partial charge in [0, 0.05) is 18.0 Å². The summed E-state index contributed by atoms with van der Waals surface area (Å²) in [6.07, 6.45) is -4.48. The fraction of sp³-hybridized carbons (Fsp3) is 0.316. The molecule has 2 amide bonds. The smallest absolute Gasteiger partial charge is 0.296 e. The summed E-state index contributed by atoms with van der Waals surface area (Å²) in [6, 6.07) is 8.33. The molecule has 1 heterocycles. The molecule has 0 atom stereocenters.